The zero-order chi connectivity index (χ0) is 21.0. The monoisotopic (exact) mass is 409 g/mol. The molecule has 2 aromatic heterocycles. The van der Waals surface area contributed by atoms with Crippen LogP contribution in [0.4, 0.5) is 5.69 Å². The number of aromatic nitrogens is 3. The maximum absolute atomic E-state index is 13.4. The molecule has 0 unspecified atom stereocenters. The zero-order valence-corrected chi connectivity index (χ0v) is 17.6. The number of benzene rings is 1. The minimum absolute atomic E-state index is 0.194. The molecule has 3 aromatic rings. The highest BCUT2D eigenvalue weighted by atomic mass is 32.1. The van der Waals surface area contributed by atoms with Crippen LogP contribution in [0.25, 0.3) is 0 Å². The van der Waals surface area contributed by atoms with E-state index in [1.54, 1.807) is 29.9 Å². The van der Waals surface area contributed by atoms with Crippen LogP contribution in [0, 0.1) is 6.92 Å². The third-order valence-corrected chi connectivity index (χ3v) is 4.61. The molecule has 1 atom stereocenters. The number of aryl methyl sites for hydroxylation is 1. The van der Waals surface area contributed by atoms with Gasteiger partial charge in [0, 0.05) is 29.0 Å². The molecule has 3 rings (SSSR count). The van der Waals surface area contributed by atoms with E-state index < -0.39 is 17.5 Å². The summed E-state index contributed by atoms with van der Waals surface area (Å²) < 4.78 is 3.81. The fourth-order valence-corrected chi connectivity index (χ4v) is 3.37. The largest absolute Gasteiger partial charge is 0.349 e. The highest BCUT2D eigenvalue weighted by Gasteiger charge is 2.35. The van der Waals surface area contributed by atoms with Gasteiger partial charge in [-0.2, -0.15) is 0 Å². The molecule has 29 heavy (non-hydrogen) atoms. The predicted octanol–water partition coefficient (Wildman–Crippen LogP) is 3.54. The van der Waals surface area contributed by atoms with Gasteiger partial charge in [-0.1, -0.05) is 16.6 Å². The minimum Gasteiger partial charge on any atom is -0.349 e. The maximum Gasteiger partial charge on any atom is 0.280 e. The second kappa shape index (κ2) is 8.48. The number of carbonyl (C=O) groups is 2. The van der Waals surface area contributed by atoms with Crippen molar-refractivity contribution in [3.63, 3.8) is 0 Å². The van der Waals surface area contributed by atoms with E-state index in [-0.39, 0.29) is 11.6 Å². The highest BCUT2D eigenvalue weighted by Crippen LogP contribution is 2.30. The third-order valence-electron chi connectivity index (χ3n) is 4.10. The van der Waals surface area contributed by atoms with Crippen LogP contribution in [0.5, 0.6) is 0 Å². The molecule has 0 saturated heterocycles. The van der Waals surface area contributed by atoms with Gasteiger partial charge in [0.25, 0.3) is 5.91 Å². The van der Waals surface area contributed by atoms with E-state index in [9.17, 15) is 9.59 Å². The molecule has 0 fully saturated rings. The summed E-state index contributed by atoms with van der Waals surface area (Å²) in [4.78, 5) is 32.3. The molecule has 0 spiro atoms. The Morgan fingerprint density at radius 3 is 2.45 bits per heavy atom. The summed E-state index contributed by atoms with van der Waals surface area (Å²) in [5, 5.41) is 8.50. The fourth-order valence-electron chi connectivity index (χ4n) is 2.94. The molecule has 0 aliphatic carbocycles. The molecule has 8 heteroatoms. The van der Waals surface area contributed by atoms with Gasteiger partial charge in [-0.05, 0) is 74.6 Å². The Morgan fingerprint density at radius 1 is 1.14 bits per heavy atom. The van der Waals surface area contributed by atoms with Gasteiger partial charge in [-0.15, -0.1) is 5.10 Å². The first-order valence-corrected chi connectivity index (χ1v) is 9.99. The molecule has 0 bridgehead atoms. The van der Waals surface area contributed by atoms with E-state index in [1.807, 2.05) is 52.0 Å². The summed E-state index contributed by atoms with van der Waals surface area (Å²) >= 11 is 1.09. The van der Waals surface area contributed by atoms with Gasteiger partial charge in [0.05, 0.1) is 0 Å². The van der Waals surface area contributed by atoms with Crippen molar-refractivity contribution in [2.24, 2.45) is 0 Å². The first kappa shape index (κ1) is 20.6. The normalized spacial score (nSPS) is 12.3. The second-order valence-electron chi connectivity index (χ2n) is 7.73. The molecular weight excluding hydrogens is 386 g/mol. The molecule has 150 valence electrons. The van der Waals surface area contributed by atoms with Gasteiger partial charge in [0.15, 0.2) is 5.69 Å². The molecular formula is C21H23N5O2S. The summed E-state index contributed by atoms with van der Waals surface area (Å²) in [6.45, 7) is 7.64. The Balaban J connectivity index is 2.16. The average molecular weight is 410 g/mol. The second-order valence-corrected chi connectivity index (χ2v) is 8.34. The Bertz CT molecular complexity index is 984. The molecule has 0 radical (unpaired) electrons. The zero-order valence-electron chi connectivity index (χ0n) is 16.8. The van der Waals surface area contributed by atoms with Gasteiger partial charge in [0.1, 0.15) is 6.04 Å². The molecule has 1 aromatic carbocycles. The number of carbonyl (C=O) groups excluding carboxylic acids is 2. The third kappa shape index (κ3) is 5.03. The van der Waals surface area contributed by atoms with Crippen molar-refractivity contribution < 1.29 is 9.59 Å². The molecule has 0 aliphatic rings. The summed E-state index contributed by atoms with van der Waals surface area (Å²) in [5.74, 6) is -0.683. The standard InChI is InChI=1S/C21H23N5O2S/c1-14-6-5-7-16(12-14)26(20(28)17-13-29-25-24-17)18(15-8-10-22-11-9-15)19(27)23-21(2,3)4/h5-13,18H,1-4H3,(H,23,27)/t18-/m0/s1. The lowest BCUT2D eigenvalue weighted by molar-refractivity contribution is -0.123. The van der Waals surface area contributed by atoms with Gasteiger partial charge < -0.3 is 5.32 Å². The number of rotatable bonds is 5. The maximum atomic E-state index is 13.4. The van der Waals surface area contributed by atoms with Crippen molar-refractivity contribution in [1.82, 2.24) is 19.9 Å². The molecule has 7 nitrogen and oxygen atoms in total. The van der Waals surface area contributed by atoms with E-state index in [1.165, 1.54) is 4.90 Å². The average Bonchev–Trinajstić information content (AvgIpc) is 3.19. The Morgan fingerprint density at radius 2 is 1.86 bits per heavy atom. The summed E-state index contributed by atoms with van der Waals surface area (Å²) in [6, 6.07) is 10.1. The molecule has 0 aliphatic heterocycles. The quantitative estimate of drug-likeness (QED) is 0.696. The van der Waals surface area contributed by atoms with Crippen molar-refractivity contribution in [2.75, 3.05) is 4.90 Å². The first-order chi connectivity index (χ1) is 13.8. The lowest BCUT2D eigenvalue weighted by Crippen LogP contribution is -2.49. The molecule has 2 heterocycles. The Kier molecular flexibility index (Phi) is 6.03. The van der Waals surface area contributed by atoms with Crippen LogP contribution >= 0.6 is 11.5 Å². The van der Waals surface area contributed by atoms with E-state index >= 15 is 0 Å². The van der Waals surface area contributed by atoms with Crippen molar-refractivity contribution >= 4 is 29.0 Å². The highest BCUT2D eigenvalue weighted by molar-refractivity contribution is 7.03. The van der Waals surface area contributed by atoms with Crippen LogP contribution < -0.4 is 10.2 Å². The molecule has 0 saturated carbocycles. The van der Waals surface area contributed by atoms with Gasteiger partial charge in [-0.3, -0.25) is 19.5 Å². The van der Waals surface area contributed by atoms with Gasteiger partial charge in [0.2, 0.25) is 5.91 Å². The van der Waals surface area contributed by atoms with E-state index in [0.717, 1.165) is 17.1 Å². The van der Waals surface area contributed by atoms with Crippen molar-refractivity contribution in [1.29, 1.82) is 0 Å². The van der Waals surface area contributed by atoms with Crippen LogP contribution in [0.15, 0.2) is 54.2 Å². The first-order valence-electron chi connectivity index (χ1n) is 9.15. The van der Waals surface area contributed by atoms with Crippen LogP contribution in [-0.2, 0) is 4.79 Å². The number of nitrogens with zero attached hydrogens (tertiary/aromatic N) is 4. The minimum atomic E-state index is -0.895. The number of hydrogen-bond acceptors (Lipinski definition) is 6. The van der Waals surface area contributed by atoms with Crippen LogP contribution in [0.2, 0.25) is 0 Å². The fraction of sp³-hybridized carbons (Fsp3) is 0.286. The van der Waals surface area contributed by atoms with Crippen molar-refractivity contribution in [3.8, 4) is 0 Å². The number of amides is 2. The van der Waals surface area contributed by atoms with E-state index in [2.05, 4.69) is 19.9 Å². The van der Waals surface area contributed by atoms with Gasteiger partial charge in [-0.25, -0.2) is 0 Å². The number of nitrogens with one attached hydrogen (secondary N) is 1. The topological polar surface area (TPSA) is 88.1 Å². The van der Waals surface area contributed by atoms with Crippen LogP contribution in [-0.4, -0.2) is 31.9 Å². The van der Waals surface area contributed by atoms with Crippen molar-refractivity contribution in [3.05, 3.63) is 71.0 Å². The van der Waals surface area contributed by atoms with Gasteiger partial charge >= 0.3 is 0 Å². The smallest absolute Gasteiger partial charge is 0.280 e. The van der Waals surface area contributed by atoms with Crippen LogP contribution in [0.3, 0.4) is 0 Å². The van der Waals surface area contributed by atoms with Crippen LogP contribution in [0.1, 0.15) is 48.4 Å². The molecule has 1 N–H and O–H groups in total. The Labute approximate surface area is 174 Å². The summed E-state index contributed by atoms with van der Waals surface area (Å²) in [6.07, 6.45) is 3.21. The Hall–Kier alpha value is -3.13. The number of hydrogen-bond donors (Lipinski definition) is 1. The van der Waals surface area contributed by atoms with E-state index in [4.69, 9.17) is 0 Å². The summed E-state index contributed by atoms with van der Waals surface area (Å²) in [7, 11) is 0. The van der Waals surface area contributed by atoms with E-state index in [0.29, 0.717) is 11.3 Å². The predicted molar refractivity (Wildman–Crippen MR) is 113 cm³/mol. The molecule has 2 amide bonds. The lowest BCUT2D eigenvalue weighted by atomic mass is 10.0. The number of anilines is 1. The lowest BCUT2D eigenvalue weighted by Gasteiger charge is -2.33. The summed E-state index contributed by atoms with van der Waals surface area (Å²) in [5.41, 5.74) is 1.96. The SMILES string of the molecule is Cc1cccc(N(C(=O)c2csnn2)[C@H](C(=O)NC(C)(C)C)c2ccncc2)c1. The van der Waals surface area contributed by atoms with Crippen molar-refractivity contribution in [2.45, 2.75) is 39.3 Å². The number of pyridine rings is 1.